The van der Waals surface area contributed by atoms with Crippen LogP contribution < -0.4 is 10.5 Å². The Labute approximate surface area is 90.9 Å². The van der Waals surface area contributed by atoms with E-state index in [1.807, 2.05) is 31.2 Å². The maximum absolute atomic E-state index is 9.74. The first kappa shape index (κ1) is 12.0. The highest BCUT2D eigenvalue weighted by molar-refractivity contribution is 5.27. The summed E-state index contributed by atoms with van der Waals surface area (Å²) in [5.74, 6) is 0.827. The van der Waals surface area contributed by atoms with Gasteiger partial charge in [0.2, 0.25) is 0 Å². The molecule has 0 saturated carbocycles. The molecule has 0 heterocycles. The first-order valence-corrected chi connectivity index (χ1v) is 5.24. The largest absolute Gasteiger partial charge is 0.497 e. The lowest BCUT2D eigenvalue weighted by Crippen LogP contribution is -2.35. The molecule has 0 aliphatic rings. The van der Waals surface area contributed by atoms with Crippen LogP contribution in [0, 0.1) is 0 Å². The Morgan fingerprint density at radius 1 is 1.33 bits per heavy atom. The second-order valence-corrected chi connectivity index (χ2v) is 3.69. The molecule has 1 rings (SSSR count). The van der Waals surface area contributed by atoms with E-state index in [0.717, 1.165) is 17.7 Å². The average molecular weight is 209 g/mol. The molecule has 0 amide bonds. The average Bonchev–Trinajstić information content (AvgIpc) is 2.29. The standard InChI is InChI=1S/C12H19NO2/c1-3-11(13)12(14)8-9-4-6-10(15-2)7-5-9/h4-7,11-12,14H,3,8,13H2,1-2H3. The van der Waals surface area contributed by atoms with Crippen LogP contribution in [0.2, 0.25) is 0 Å². The van der Waals surface area contributed by atoms with Gasteiger partial charge in [-0.25, -0.2) is 0 Å². The molecule has 3 nitrogen and oxygen atoms in total. The Kier molecular flexibility index (Phi) is 4.59. The van der Waals surface area contributed by atoms with Crippen LogP contribution in [-0.2, 0) is 6.42 Å². The maximum atomic E-state index is 9.74. The van der Waals surface area contributed by atoms with E-state index in [0.29, 0.717) is 6.42 Å². The lowest BCUT2D eigenvalue weighted by atomic mass is 10.0. The molecule has 1 aromatic rings. The number of methoxy groups -OCH3 is 1. The highest BCUT2D eigenvalue weighted by atomic mass is 16.5. The van der Waals surface area contributed by atoms with Crippen molar-refractivity contribution in [1.82, 2.24) is 0 Å². The number of nitrogens with two attached hydrogens (primary N) is 1. The van der Waals surface area contributed by atoms with Gasteiger partial charge < -0.3 is 15.6 Å². The van der Waals surface area contributed by atoms with Gasteiger partial charge in [0.25, 0.3) is 0 Å². The molecule has 2 atom stereocenters. The quantitative estimate of drug-likeness (QED) is 0.769. The predicted molar refractivity (Wildman–Crippen MR) is 61.0 cm³/mol. The van der Waals surface area contributed by atoms with Crippen LogP contribution >= 0.6 is 0 Å². The third-order valence-corrected chi connectivity index (χ3v) is 2.57. The fraction of sp³-hybridized carbons (Fsp3) is 0.500. The number of aliphatic hydroxyl groups is 1. The van der Waals surface area contributed by atoms with Gasteiger partial charge in [0.05, 0.1) is 13.2 Å². The van der Waals surface area contributed by atoms with Gasteiger partial charge in [-0.2, -0.15) is 0 Å². The summed E-state index contributed by atoms with van der Waals surface area (Å²) in [5.41, 5.74) is 6.82. The normalized spacial score (nSPS) is 14.7. The van der Waals surface area contributed by atoms with Gasteiger partial charge in [0, 0.05) is 6.04 Å². The van der Waals surface area contributed by atoms with Crippen molar-refractivity contribution in [2.45, 2.75) is 31.9 Å². The van der Waals surface area contributed by atoms with Crippen LogP contribution in [0.5, 0.6) is 5.75 Å². The molecule has 84 valence electrons. The van der Waals surface area contributed by atoms with E-state index in [1.165, 1.54) is 0 Å². The van der Waals surface area contributed by atoms with Crippen LogP contribution in [0.15, 0.2) is 24.3 Å². The van der Waals surface area contributed by atoms with Crippen LogP contribution in [0.1, 0.15) is 18.9 Å². The fourth-order valence-electron chi connectivity index (χ4n) is 1.43. The van der Waals surface area contributed by atoms with E-state index >= 15 is 0 Å². The molecular formula is C12H19NO2. The van der Waals surface area contributed by atoms with E-state index in [9.17, 15) is 5.11 Å². The van der Waals surface area contributed by atoms with Gasteiger partial charge in [-0.1, -0.05) is 19.1 Å². The highest BCUT2D eigenvalue weighted by Gasteiger charge is 2.12. The number of hydrogen-bond acceptors (Lipinski definition) is 3. The minimum Gasteiger partial charge on any atom is -0.497 e. The Balaban J connectivity index is 2.57. The van der Waals surface area contributed by atoms with Crippen molar-refractivity contribution in [1.29, 1.82) is 0 Å². The second kappa shape index (κ2) is 5.73. The monoisotopic (exact) mass is 209 g/mol. The zero-order valence-electron chi connectivity index (χ0n) is 9.31. The van der Waals surface area contributed by atoms with Crippen molar-refractivity contribution in [3.63, 3.8) is 0 Å². The molecule has 3 heteroatoms. The van der Waals surface area contributed by atoms with Crippen molar-refractivity contribution in [3.05, 3.63) is 29.8 Å². The third-order valence-electron chi connectivity index (χ3n) is 2.57. The van der Waals surface area contributed by atoms with Gasteiger partial charge in [-0.15, -0.1) is 0 Å². The van der Waals surface area contributed by atoms with Gasteiger partial charge >= 0.3 is 0 Å². The lowest BCUT2D eigenvalue weighted by Gasteiger charge is -2.17. The van der Waals surface area contributed by atoms with E-state index in [-0.39, 0.29) is 6.04 Å². The van der Waals surface area contributed by atoms with Crippen molar-refractivity contribution >= 4 is 0 Å². The minimum atomic E-state index is -0.469. The molecule has 0 radical (unpaired) electrons. The molecule has 0 aliphatic heterocycles. The highest BCUT2D eigenvalue weighted by Crippen LogP contribution is 2.13. The van der Waals surface area contributed by atoms with Gasteiger partial charge in [-0.3, -0.25) is 0 Å². The summed E-state index contributed by atoms with van der Waals surface area (Å²) in [6.45, 7) is 1.97. The second-order valence-electron chi connectivity index (χ2n) is 3.69. The molecule has 0 fully saturated rings. The van der Waals surface area contributed by atoms with E-state index in [2.05, 4.69) is 0 Å². The topological polar surface area (TPSA) is 55.5 Å². The summed E-state index contributed by atoms with van der Waals surface area (Å²) < 4.78 is 5.06. The summed E-state index contributed by atoms with van der Waals surface area (Å²) in [4.78, 5) is 0. The van der Waals surface area contributed by atoms with E-state index < -0.39 is 6.10 Å². The summed E-state index contributed by atoms with van der Waals surface area (Å²) in [6, 6.07) is 7.53. The fourth-order valence-corrected chi connectivity index (χ4v) is 1.43. The van der Waals surface area contributed by atoms with E-state index in [4.69, 9.17) is 10.5 Å². The van der Waals surface area contributed by atoms with Crippen LogP contribution in [-0.4, -0.2) is 24.4 Å². The molecule has 0 aromatic heterocycles. The zero-order valence-corrected chi connectivity index (χ0v) is 9.31. The first-order valence-electron chi connectivity index (χ1n) is 5.24. The van der Waals surface area contributed by atoms with Crippen LogP contribution in [0.4, 0.5) is 0 Å². The summed E-state index contributed by atoms with van der Waals surface area (Å²) in [6.07, 6.45) is 0.916. The molecule has 1 aromatic carbocycles. The zero-order chi connectivity index (χ0) is 11.3. The smallest absolute Gasteiger partial charge is 0.118 e. The molecule has 0 spiro atoms. The van der Waals surface area contributed by atoms with Gasteiger partial charge in [0.15, 0.2) is 0 Å². The van der Waals surface area contributed by atoms with Crippen molar-refractivity contribution in [2.75, 3.05) is 7.11 Å². The molecule has 2 unspecified atom stereocenters. The molecule has 0 saturated heterocycles. The number of benzene rings is 1. The first-order chi connectivity index (χ1) is 7.17. The molecular weight excluding hydrogens is 190 g/mol. The van der Waals surface area contributed by atoms with Crippen molar-refractivity contribution < 1.29 is 9.84 Å². The Hall–Kier alpha value is -1.06. The maximum Gasteiger partial charge on any atom is 0.118 e. The van der Waals surface area contributed by atoms with Gasteiger partial charge in [-0.05, 0) is 30.5 Å². The van der Waals surface area contributed by atoms with Crippen molar-refractivity contribution in [3.8, 4) is 5.75 Å². The number of aliphatic hydroxyl groups excluding tert-OH is 1. The summed E-state index contributed by atoms with van der Waals surface area (Å²) in [5, 5.41) is 9.74. The Morgan fingerprint density at radius 2 is 1.93 bits per heavy atom. The lowest BCUT2D eigenvalue weighted by molar-refractivity contribution is 0.142. The predicted octanol–water partition coefficient (Wildman–Crippen LogP) is 1.34. The molecule has 0 aliphatic carbocycles. The van der Waals surface area contributed by atoms with Crippen molar-refractivity contribution in [2.24, 2.45) is 5.73 Å². The summed E-state index contributed by atoms with van der Waals surface area (Å²) >= 11 is 0. The van der Waals surface area contributed by atoms with E-state index in [1.54, 1.807) is 7.11 Å². The van der Waals surface area contributed by atoms with Crippen LogP contribution in [0.3, 0.4) is 0 Å². The Morgan fingerprint density at radius 3 is 2.40 bits per heavy atom. The minimum absolute atomic E-state index is 0.146. The summed E-state index contributed by atoms with van der Waals surface area (Å²) in [7, 11) is 1.64. The number of ether oxygens (including phenoxy) is 1. The molecule has 15 heavy (non-hydrogen) atoms. The number of rotatable bonds is 5. The Bertz CT molecular complexity index is 284. The molecule has 3 N–H and O–H groups in total. The SMILES string of the molecule is CCC(N)C(O)Cc1ccc(OC)cc1. The number of hydrogen-bond donors (Lipinski definition) is 2. The van der Waals surface area contributed by atoms with Crippen LogP contribution in [0.25, 0.3) is 0 Å². The van der Waals surface area contributed by atoms with Gasteiger partial charge in [0.1, 0.15) is 5.75 Å². The molecule has 0 bridgehead atoms. The third kappa shape index (κ3) is 3.53.